The van der Waals surface area contributed by atoms with Gasteiger partial charge in [0.05, 0.1) is 33.1 Å². The maximum atomic E-state index is 14.7. The lowest BCUT2D eigenvalue weighted by molar-refractivity contribution is 0.0891. The summed E-state index contributed by atoms with van der Waals surface area (Å²) in [6.45, 7) is 28.3. The first-order valence-electron chi connectivity index (χ1n) is 30.4. The molecule has 78 heavy (non-hydrogen) atoms. The molecule has 6 aliphatic rings. The average molecular weight is 1030 g/mol. The van der Waals surface area contributed by atoms with Crippen LogP contribution in [0.25, 0.3) is 98.4 Å². The average Bonchev–Trinajstić information content (AvgIpc) is 2.85. The van der Waals surface area contributed by atoms with Crippen molar-refractivity contribution in [1.29, 1.82) is 0 Å². The molecule has 0 aliphatic heterocycles. The number of nitrogens with zero attached hydrogens (tertiary/aromatic N) is 2. The van der Waals surface area contributed by atoms with Crippen LogP contribution in [0, 0.1) is 11.8 Å². The van der Waals surface area contributed by atoms with Crippen LogP contribution in [0.1, 0.15) is 247 Å². The second-order valence-corrected chi connectivity index (χ2v) is 27.2. The fourth-order valence-corrected chi connectivity index (χ4v) is 16.4. The minimum absolute atomic E-state index is 0.118. The van der Waals surface area contributed by atoms with E-state index in [2.05, 4.69) is 177 Å². The van der Waals surface area contributed by atoms with E-state index >= 15 is 0 Å². The molecule has 0 saturated heterocycles. The summed E-state index contributed by atoms with van der Waals surface area (Å²) < 4.78 is 5.13. The molecule has 2 saturated carbocycles. The maximum absolute atomic E-state index is 14.7. The number of carbonyl (C=O) groups is 2. The summed E-state index contributed by atoms with van der Waals surface area (Å²) in [6, 6.07) is 34.8. The highest BCUT2D eigenvalue weighted by Gasteiger charge is 2.38. The van der Waals surface area contributed by atoms with Gasteiger partial charge >= 0.3 is 0 Å². The second kappa shape index (κ2) is 17.0. The van der Waals surface area contributed by atoms with E-state index in [-0.39, 0.29) is 11.8 Å². The third-order valence-corrected chi connectivity index (χ3v) is 20.7. The van der Waals surface area contributed by atoms with E-state index in [9.17, 15) is 9.59 Å². The molecule has 4 aromatic heterocycles. The van der Waals surface area contributed by atoms with Crippen LogP contribution in [-0.2, 0) is 0 Å². The van der Waals surface area contributed by atoms with E-state index in [1.54, 1.807) is 0 Å². The van der Waals surface area contributed by atoms with Gasteiger partial charge in [-0.1, -0.05) is 107 Å². The van der Waals surface area contributed by atoms with Crippen LogP contribution in [-0.4, -0.2) is 20.4 Å². The number of hydrogen-bond donors (Lipinski definition) is 0. The Balaban J connectivity index is 1.12. The Kier molecular flexibility index (Phi) is 10.6. The molecule has 4 bridgehead atoms. The van der Waals surface area contributed by atoms with Gasteiger partial charge in [-0.15, -0.1) is 0 Å². The number of Topliss-reactive ketones (excluding diaryl/α,β-unsaturated/α-hetero) is 2. The Morgan fingerprint density at radius 1 is 0.321 bits per heavy atom. The van der Waals surface area contributed by atoms with E-state index in [1.807, 2.05) is 0 Å². The van der Waals surface area contributed by atoms with Crippen LogP contribution in [0.3, 0.4) is 0 Å². The first kappa shape index (κ1) is 48.6. The molecule has 0 atom stereocenters. The van der Waals surface area contributed by atoms with Gasteiger partial charge in [0.15, 0.2) is 11.6 Å². The van der Waals surface area contributed by atoms with Crippen LogP contribution in [0.15, 0.2) is 84.9 Å². The van der Waals surface area contributed by atoms with E-state index in [0.717, 1.165) is 73.5 Å². The second-order valence-electron chi connectivity index (χ2n) is 27.2. The van der Waals surface area contributed by atoms with Crippen LogP contribution in [0.2, 0.25) is 0 Å². The van der Waals surface area contributed by atoms with Gasteiger partial charge in [-0.05, 0) is 226 Å². The van der Waals surface area contributed by atoms with Crippen molar-refractivity contribution in [2.75, 3.05) is 0 Å². The van der Waals surface area contributed by atoms with Crippen LogP contribution >= 0.6 is 0 Å². The zero-order valence-corrected chi connectivity index (χ0v) is 48.2. The van der Waals surface area contributed by atoms with Crippen molar-refractivity contribution in [3.63, 3.8) is 0 Å². The molecule has 2 fully saturated rings. The van der Waals surface area contributed by atoms with Gasteiger partial charge in [0.25, 0.3) is 0 Å². The quantitative estimate of drug-likeness (QED) is 0.152. The molecule has 394 valence electrons. The number of hydrogen-bond acceptors (Lipinski definition) is 2. The lowest BCUT2D eigenvalue weighted by Gasteiger charge is -2.23. The third kappa shape index (κ3) is 6.64. The standard InChI is InChI=1S/C74H76N2O2/c1-35(2)45-21-49(37(5)6)69(50(22-45)38(7)8)47-25-59-55-29-53-41-13-17-43(18-14-41)73(77)63(53)33-67(55)75-65-32-58-62-28-48(70-51(39(9)10)23-46(36(3)4)24-52(70)40(11)12)26-60-56-30-54-42-15-19-44(20-16-42)74(78)64(54)34-68(56)76(72(60)62)66(58)31-57(65)61(27-47)71(59)75/h21-44H,13-20H2,1-12H3. The maximum Gasteiger partial charge on any atom is 0.166 e. The molecule has 0 amide bonds. The SMILES string of the molecule is CC(C)c1cc(C(C)C)c(-c2cc3c4cc5c(cc4n4c6cc7c8cc(-c9c(C(C)C)cc(C(C)C)cc9C(C)C)cc9c%10cc%11c(cc%10n(c7cc6c(c2)c34)c98)C(=O)C2CCC%11CC2)C(=O)C2CCC5CC2)c(C(C)C)c1. The van der Waals surface area contributed by atoms with Gasteiger partial charge in [-0.2, -0.15) is 0 Å². The van der Waals surface area contributed by atoms with E-state index in [4.69, 9.17) is 0 Å². The topological polar surface area (TPSA) is 43.0 Å². The molecule has 4 heterocycles. The molecule has 0 N–H and O–H groups in total. The number of carbonyl (C=O) groups excluding carboxylic acids is 2. The van der Waals surface area contributed by atoms with Crippen molar-refractivity contribution < 1.29 is 9.59 Å². The van der Waals surface area contributed by atoms with Crippen molar-refractivity contribution in [2.45, 2.75) is 182 Å². The summed E-state index contributed by atoms with van der Waals surface area (Å²) in [7, 11) is 0. The predicted molar refractivity (Wildman–Crippen MR) is 329 cm³/mol. The minimum atomic E-state index is 0.118. The molecular formula is C74H76N2O2. The highest BCUT2D eigenvalue weighted by Crippen LogP contribution is 2.53. The number of benzene rings is 7. The zero-order valence-electron chi connectivity index (χ0n) is 48.2. The van der Waals surface area contributed by atoms with E-state index in [0.29, 0.717) is 58.9 Å². The summed E-state index contributed by atoms with van der Waals surface area (Å²) >= 11 is 0. The monoisotopic (exact) mass is 1020 g/mol. The summed E-state index contributed by atoms with van der Waals surface area (Å²) in [6.07, 6.45) is 8.36. The highest BCUT2D eigenvalue weighted by molar-refractivity contribution is 6.30. The smallest absolute Gasteiger partial charge is 0.166 e. The Labute approximate surface area is 460 Å². The van der Waals surface area contributed by atoms with Gasteiger partial charge in [0.2, 0.25) is 0 Å². The summed E-state index contributed by atoms with van der Waals surface area (Å²) in [5.41, 5.74) is 25.4. The number of rotatable bonds is 8. The third-order valence-electron chi connectivity index (χ3n) is 20.7. The molecule has 0 unspecified atom stereocenters. The Morgan fingerprint density at radius 2 is 0.603 bits per heavy atom. The normalized spacial score (nSPS) is 19.9. The molecule has 0 spiro atoms. The van der Waals surface area contributed by atoms with Gasteiger partial charge in [-0.3, -0.25) is 9.59 Å². The van der Waals surface area contributed by atoms with Crippen molar-refractivity contribution in [2.24, 2.45) is 11.8 Å². The summed E-state index contributed by atoms with van der Waals surface area (Å²) in [5, 5.41) is 10.1. The van der Waals surface area contributed by atoms with Crippen molar-refractivity contribution in [1.82, 2.24) is 8.80 Å². The Hall–Kier alpha value is -6.52. The highest BCUT2D eigenvalue weighted by atomic mass is 16.1. The van der Waals surface area contributed by atoms with Gasteiger partial charge in [-0.25, -0.2) is 0 Å². The van der Waals surface area contributed by atoms with Gasteiger partial charge in [0, 0.05) is 66.1 Å². The largest absolute Gasteiger partial charge is 0.308 e. The molecule has 6 aliphatic carbocycles. The molecule has 0 radical (unpaired) electrons. The van der Waals surface area contributed by atoms with Gasteiger partial charge < -0.3 is 8.80 Å². The fourth-order valence-electron chi connectivity index (χ4n) is 16.4. The van der Waals surface area contributed by atoms with Crippen molar-refractivity contribution >= 4 is 87.8 Å². The molecule has 4 nitrogen and oxygen atoms in total. The lowest BCUT2D eigenvalue weighted by atomic mass is 9.81. The lowest BCUT2D eigenvalue weighted by Crippen LogP contribution is -2.15. The van der Waals surface area contributed by atoms with Crippen molar-refractivity contribution in [3.8, 4) is 22.3 Å². The Morgan fingerprint density at radius 3 is 0.897 bits per heavy atom. The first-order valence-corrected chi connectivity index (χ1v) is 30.4. The first-order chi connectivity index (χ1) is 37.4. The Bertz CT molecular complexity index is 4050. The van der Waals surface area contributed by atoms with Gasteiger partial charge in [0.1, 0.15) is 0 Å². The number of aromatic nitrogens is 2. The van der Waals surface area contributed by atoms with E-state index < -0.39 is 0 Å². The summed E-state index contributed by atoms with van der Waals surface area (Å²) in [5.74, 6) is 3.96. The number of fused-ring (bicyclic) bond motifs is 16. The molecule has 17 rings (SSSR count). The fraction of sp³-hybridized carbons (Fsp3) is 0.405. The summed E-state index contributed by atoms with van der Waals surface area (Å²) in [4.78, 5) is 29.3. The van der Waals surface area contributed by atoms with Crippen LogP contribution in [0.4, 0.5) is 0 Å². The van der Waals surface area contributed by atoms with Crippen LogP contribution in [0.5, 0.6) is 0 Å². The molecule has 7 aromatic carbocycles. The molecule has 4 heteroatoms. The zero-order chi connectivity index (χ0) is 53.8. The van der Waals surface area contributed by atoms with E-state index in [1.165, 1.54) is 132 Å². The minimum Gasteiger partial charge on any atom is -0.308 e. The van der Waals surface area contributed by atoms with Crippen LogP contribution < -0.4 is 0 Å². The molecular weight excluding hydrogens is 949 g/mol. The number of ketones is 2. The molecule has 11 aromatic rings. The van der Waals surface area contributed by atoms with Crippen molar-refractivity contribution in [3.05, 3.63) is 141 Å². The predicted octanol–water partition coefficient (Wildman–Crippen LogP) is 21.0.